The average molecular weight is 437 g/mol. The summed E-state index contributed by atoms with van der Waals surface area (Å²) in [5.74, 6) is 0.199. The Labute approximate surface area is 177 Å². The summed E-state index contributed by atoms with van der Waals surface area (Å²) in [4.78, 5) is 15.2. The minimum atomic E-state index is -3.74. The number of halogens is 1. The Balaban J connectivity index is 2.03. The standard InChI is InChI=1S/C21H25ClN2O4S/c1-4-18(21(25)23-13-7-9-15-8-5-6-10-19(15)23)24(29(3,26)27)16-11-12-20(28-2)17(22)14-16/h5-6,8,10-12,14,18H,4,7,9,13H2,1-3H3/t18-/m1/s1. The van der Waals surface area contributed by atoms with Gasteiger partial charge in [0.15, 0.2) is 0 Å². The highest BCUT2D eigenvalue weighted by atomic mass is 35.5. The van der Waals surface area contributed by atoms with Crippen molar-refractivity contribution in [3.8, 4) is 5.75 Å². The Hall–Kier alpha value is -2.25. The van der Waals surface area contributed by atoms with E-state index in [1.54, 1.807) is 17.0 Å². The summed E-state index contributed by atoms with van der Waals surface area (Å²) < 4.78 is 31.7. The van der Waals surface area contributed by atoms with Crippen LogP contribution < -0.4 is 13.9 Å². The zero-order valence-electron chi connectivity index (χ0n) is 16.8. The predicted molar refractivity (Wildman–Crippen MR) is 117 cm³/mol. The third-order valence-electron chi connectivity index (χ3n) is 5.08. The number of hydrogen-bond acceptors (Lipinski definition) is 4. The molecule has 0 saturated heterocycles. The molecule has 0 bridgehead atoms. The summed E-state index contributed by atoms with van der Waals surface area (Å²) in [6.45, 7) is 2.37. The second kappa shape index (κ2) is 8.63. The summed E-state index contributed by atoms with van der Waals surface area (Å²) in [6, 6.07) is 11.6. The van der Waals surface area contributed by atoms with Crippen molar-refractivity contribution >= 4 is 38.9 Å². The molecule has 1 aliphatic rings. The monoisotopic (exact) mass is 436 g/mol. The van der Waals surface area contributed by atoms with Crippen molar-refractivity contribution < 1.29 is 17.9 Å². The zero-order chi connectivity index (χ0) is 21.2. The van der Waals surface area contributed by atoms with Crippen LogP contribution in [0.15, 0.2) is 42.5 Å². The van der Waals surface area contributed by atoms with Crippen LogP contribution in [-0.2, 0) is 21.2 Å². The number of aryl methyl sites for hydroxylation is 1. The molecule has 0 fully saturated rings. The van der Waals surface area contributed by atoms with Crippen LogP contribution in [0.4, 0.5) is 11.4 Å². The first-order valence-corrected chi connectivity index (χ1v) is 11.7. The highest BCUT2D eigenvalue weighted by Crippen LogP contribution is 2.33. The molecular formula is C21H25ClN2O4S. The molecule has 1 heterocycles. The molecule has 1 amide bonds. The van der Waals surface area contributed by atoms with Crippen LogP contribution in [0.3, 0.4) is 0 Å². The van der Waals surface area contributed by atoms with Gasteiger partial charge in [0.2, 0.25) is 10.0 Å². The molecule has 8 heteroatoms. The lowest BCUT2D eigenvalue weighted by atomic mass is 10.0. The van der Waals surface area contributed by atoms with E-state index in [0.29, 0.717) is 24.4 Å². The zero-order valence-corrected chi connectivity index (χ0v) is 18.3. The number of fused-ring (bicyclic) bond motifs is 1. The average Bonchev–Trinajstić information content (AvgIpc) is 2.70. The molecule has 3 rings (SSSR count). The van der Waals surface area contributed by atoms with Crippen LogP contribution in [0.25, 0.3) is 0 Å². The van der Waals surface area contributed by atoms with Crippen LogP contribution in [-0.4, -0.2) is 40.3 Å². The Bertz CT molecular complexity index is 1010. The lowest BCUT2D eigenvalue weighted by Crippen LogP contribution is -2.52. The number of amides is 1. The molecule has 1 atom stereocenters. The van der Waals surface area contributed by atoms with E-state index in [9.17, 15) is 13.2 Å². The van der Waals surface area contributed by atoms with Gasteiger partial charge in [0, 0.05) is 12.2 Å². The molecule has 0 aromatic heterocycles. The van der Waals surface area contributed by atoms with Gasteiger partial charge in [-0.1, -0.05) is 36.7 Å². The fraction of sp³-hybridized carbons (Fsp3) is 0.381. The van der Waals surface area contributed by atoms with E-state index < -0.39 is 16.1 Å². The quantitative estimate of drug-likeness (QED) is 0.689. The molecule has 0 saturated carbocycles. The maximum absolute atomic E-state index is 13.5. The molecule has 0 unspecified atom stereocenters. The Kier molecular flexibility index (Phi) is 6.39. The van der Waals surface area contributed by atoms with Gasteiger partial charge in [-0.25, -0.2) is 8.42 Å². The van der Waals surface area contributed by atoms with Crippen LogP contribution in [0.5, 0.6) is 5.75 Å². The van der Waals surface area contributed by atoms with Crippen LogP contribution in [0.2, 0.25) is 5.02 Å². The first-order chi connectivity index (χ1) is 13.8. The van der Waals surface area contributed by atoms with Crippen molar-refractivity contribution in [3.05, 3.63) is 53.1 Å². The summed E-state index contributed by atoms with van der Waals surface area (Å²) in [7, 11) is -2.25. The molecule has 6 nitrogen and oxygen atoms in total. The van der Waals surface area contributed by atoms with E-state index in [1.165, 1.54) is 13.2 Å². The molecule has 2 aromatic rings. The van der Waals surface area contributed by atoms with Crippen molar-refractivity contribution in [2.75, 3.05) is 29.1 Å². The van der Waals surface area contributed by atoms with E-state index in [-0.39, 0.29) is 10.9 Å². The van der Waals surface area contributed by atoms with E-state index in [2.05, 4.69) is 0 Å². The first kappa shape index (κ1) is 21.5. The summed E-state index contributed by atoms with van der Waals surface area (Å²) in [6.07, 6.45) is 3.17. The molecule has 0 aliphatic carbocycles. The van der Waals surface area contributed by atoms with Gasteiger partial charge in [-0.05, 0) is 49.1 Å². The number of para-hydroxylation sites is 1. The van der Waals surface area contributed by atoms with Crippen molar-refractivity contribution in [2.45, 2.75) is 32.2 Å². The fourth-order valence-corrected chi connectivity index (χ4v) is 5.23. The molecule has 0 spiro atoms. The topological polar surface area (TPSA) is 66.9 Å². The molecule has 29 heavy (non-hydrogen) atoms. The van der Waals surface area contributed by atoms with Gasteiger partial charge in [-0.2, -0.15) is 0 Å². The van der Waals surface area contributed by atoms with E-state index in [1.807, 2.05) is 31.2 Å². The second-order valence-electron chi connectivity index (χ2n) is 7.02. The van der Waals surface area contributed by atoms with E-state index >= 15 is 0 Å². The van der Waals surface area contributed by atoms with Gasteiger partial charge in [0.1, 0.15) is 11.8 Å². The first-order valence-electron chi connectivity index (χ1n) is 9.50. The number of nitrogens with zero attached hydrogens (tertiary/aromatic N) is 2. The molecule has 0 N–H and O–H groups in total. The maximum atomic E-state index is 13.5. The third-order valence-corrected chi connectivity index (χ3v) is 6.55. The minimum absolute atomic E-state index is 0.239. The smallest absolute Gasteiger partial charge is 0.250 e. The van der Waals surface area contributed by atoms with Crippen molar-refractivity contribution in [3.63, 3.8) is 0 Å². The lowest BCUT2D eigenvalue weighted by molar-refractivity contribution is -0.119. The maximum Gasteiger partial charge on any atom is 0.250 e. The number of sulfonamides is 1. The van der Waals surface area contributed by atoms with Gasteiger partial charge < -0.3 is 9.64 Å². The number of anilines is 2. The number of methoxy groups -OCH3 is 1. The van der Waals surface area contributed by atoms with Crippen molar-refractivity contribution in [1.82, 2.24) is 0 Å². The Morgan fingerprint density at radius 2 is 2.00 bits per heavy atom. The number of hydrogen-bond donors (Lipinski definition) is 0. The molecule has 156 valence electrons. The van der Waals surface area contributed by atoms with E-state index in [4.69, 9.17) is 16.3 Å². The third kappa shape index (κ3) is 4.36. The van der Waals surface area contributed by atoms with Gasteiger partial charge in [0.25, 0.3) is 5.91 Å². The molecule has 1 aliphatic heterocycles. The SMILES string of the molecule is CC[C@H](C(=O)N1CCCc2ccccc21)N(c1ccc(OC)c(Cl)c1)S(C)(=O)=O. The number of carbonyl (C=O) groups excluding carboxylic acids is 1. The molecular weight excluding hydrogens is 412 g/mol. The number of carbonyl (C=O) groups is 1. The van der Waals surface area contributed by atoms with Gasteiger partial charge in [0.05, 0.1) is 24.1 Å². The summed E-state index contributed by atoms with van der Waals surface area (Å²) >= 11 is 6.22. The minimum Gasteiger partial charge on any atom is -0.495 e. The molecule has 2 aromatic carbocycles. The second-order valence-corrected chi connectivity index (χ2v) is 9.29. The normalized spacial score (nSPS) is 14.8. The Morgan fingerprint density at radius 1 is 1.28 bits per heavy atom. The lowest BCUT2D eigenvalue weighted by Gasteiger charge is -2.36. The van der Waals surface area contributed by atoms with Gasteiger partial charge >= 0.3 is 0 Å². The highest BCUT2D eigenvalue weighted by Gasteiger charge is 2.36. The summed E-state index contributed by atoms with van der Waals surface area (Å²) in [5, 5.41) is 0.282. The molecule has 0 radical (unpaired) electrons. The van der Waals surface area contributed by atoms with Gasteiger partial charge in [-0.15, -0.1) is 0 Å². The van der Waals surface area contributed by atoms with E-state index in [0.717, 1.165) is 34.7 Å². The predicted octanol–water partition coefficient (Wildman–Crippen LogP) is 3.87. The highest BCUT2D eigenvalue weighted by molar-refractivity contribution is 7.92. The number of ether oxygens (including phenoxy) is 1. The number of benzene rings is 2. The largest absolute Gasteiger partial charge is 0.495 e. The number of rotatable bonds is 6. The summed E-state index contributed by atoms with van der Waals surface area (Å²) in [5.41, 5.74) is 2.28. The Morgan fingerprint density at radius 3 is 2.62 bits per heavy atom. The van der Waals surface area contributed by atoms with Gasteiger partial charge in [-0.3, -0.25) is 9.10 Å². The van der Waals surface area contributed by atoms with Crippen LogP contribution >= 0.6 is 11.6 Å². The fourth-order valence-electron chi connectivity index (χ4n) is 3.78. The van der Waals surface area contributed by atoms with Crippen molar-refractivity contribution in [1.29, 1.82) is 0 Å². The van der Waals surface area contributed by atoms with Crippen LogP contribution in [0, 0.1) is 0 Å². The van der Waals surface area contributed by atoms with Crippen molar-refractivity contribution in [2.24, 2.45) is 0 Å². The van der Waals surface area contributed by atoms with Crippen LogP contribution in [0.1, 0.15) is 25.3 Å².